The van der Waals surface area contributed by atoms with Crippen LogP contribution in [0.3, 0.4) is 0 Å². The molecule has 4 rings (SSSR count). The smallest absolute Gasteiger partial charge is 0.194 e. The minimum absolute atomic E-state index is 0.933. The van der Waals surface area contributed by atoms with Crippen LogP contribution in [0.2, 0.25) is 0 Å². The van der Waals surface area contributed by atoms with Crippen molar-refractivity contribution in [3.63, 3.8) is 0 Å². The summed E-state index contributed by atoms with van der Waals surface area (Å²) >= 11 is 0. The molecule has 24 heavy (non-hydrogen) atoms. The molecule has 0 fully saturated rings. The lowest BCUT2D eigenvalue weighted by atomic mass is 10.2. The molecule has 3 heteroatoms. The van der Waals surface area contributed by atoms with Crippen LogP contribution in [0.4, 0.5) is 0 Å². The van der Waals surface area contributed by atoms with Crippen LogP contribution >= 0.6 is 0 Å². The predicted molar refractivity (Wildman–Crippen MR) is 95.3 cm³/mol. The molecule has 0 radical (unpaired) electrons. The third-order valence-electron chi connectivity index (χ3n) is 4.08. The van der Waals surface area contributed by atoms with Crippen molar-refractivity contribution in [3.8, 4) is 22.8 Å². The lowest BCUT2D eigenvalue weighted by molar-refractivity contribution is -0.591. The first kappa shape index (κ1) is 14.4. The molecule has 0 unspecified atom stereocenters. The first-order valence-electron chi connectivity index (χ1n) is 8.02. The fourth-order valence-corrected chi connectivity index (χ4v) is 2.93. The van der Waals surface area contributed by atoms with E-state index in [2.05, 4.69) is 60.0 Å². The highest BCUT2D eigenvalue weighted by Gasteiger charge is 2.26. The molecule has 0 aliphatic heterocycles. The number of hydrogen-bond acceptors (Lipinski definition) is 1. The monoisotopic (exact) mass is 312 g/mol. The number of para-hydroxylation sites is 2. The first-order valence-corrected chi connectivity index (χ1v) is 8.02. The van der Waals surface area contributed by atoms with E-state index >= 15 is 0 Å². The molecule has 0 atom stereocenters. The van der Waals surface area contributed by atoms with E-state index in [1.54, 1.807) is 0 Å². The Kier molecular flexibility index (Phi) is 3.67. The maximum absolute atomic E-state index is 4.91. The van der Waals surface area contributed by atoms with Gasteiger partial charge in [0, 0.05) is 6.92 Å². The lowest BCUT2D eigenvalue weighted by Crippen LogP contribution is -2.35. The van der Waals surface area contributed by atoms with E-state index in [0.717, 1.165) is 28.6 Å². The molecule has 0 amide bonds. The van der Waals surface area contributed by atoms with Crippen molar-refractivity contribution in [3.05, 3.63) is 96.8 Å². The van der Waals surface area contributed by atoms with Crippen molar-refractivity contribution in [2.75, 3.05) is 0 Å². The van der Waals surface area contributed by atoms with Crippen molar-refractivity contribution in [2.24, 2.45) is 0 Å². The highest BCUT2D eigenvalue weighted by Crippen LogP contribution is 2.18. The molecule has 0 N–H and O–H groups in total. The van der Waals surface area contributed by atoms with E-state index in [0.29, 0.717) is 0 Å². The van der Waals surface area contributed by atoms with E-state index in [1.165, 1.54) is 0 Å². The van der Waals surface area contributed by atoms with Crippen LogP contribution in [0.15, 0.2) is 91.0 Å². The Bertz CT molecular complexity index is 943. The molecule has 1 heterocycles. The molecule has 3 nitrogen and oxygen atoms in total. The van der Waals surface area contributed by atoms with Crippen molar-refractivity contribution in [2.45, 2.75) is 6.92 Å². The Morgan fingerprint density at radius 1 is 0.708 bits per heavy atom. The van der Waals surface area contributed by atoms with Crippen LogP contribution in [0.5, 0.6) is 0 Å². The maximum Gasteiger partial charge on any atom is 0.314 e. The number of benzene rings is 3. The van der Waals surface area contributed by atoms with Gasteiger partial charge in [0.15, 0.2) is 0 Å². The third-order valence-corrected chi connectivity index (χ3v) is 4.08. The minimum Gasteiger partial charge on any atom is -0.194 e. The molecule has 1 aromatic heterocycles. The Labute approximate surface area is 141 Å². The van der Waals surface area contributed by atoms with E-state index in [9.17, 15) is 0 Å². The van der Waals surface area contributed by atoms with Crippen LogP contribution in [0, 0.1) is 6.92 Å². The van der Waals surface area contributed by atoms with Gasteiger partial charge in [0.2, 0.25) is 5.82 Å². The second kappa shape index (κ2) is 6.13. The molecule has 0 saturated carbocycles. The summed E-state index contributed by atoms with van der Waals surface area (Å²) in [6, 6.07) is 30.9. The van der Waals surface area contributed by atoms with Gasteiger partial charge in [0.1, 0.15) is 11.4 Å². The van der Waals surface area contributed by atoms with E-state index in [1.807, 2.05) is 47.1 Å². The summed E-state index contributed by atoms with van der Waals surface area (Å²) in [4.78, 5) is 0. The van der Waals surface area contributed by atoms with Crippen LogP contribution < -0.4 is 4.57 Å². The summed E-state index contributed by atoms with van der Waals surface area (Å²) in [5, 5.41) is 4.91. The molecule has 116 valence electrons. The molecule has 4 aromatic rings. The second-order valence-corrected chi connectivity index (χ2v) is 5.66. The van der Waals surface area contributed by atoms with Gasteiger partial charge >= 0.3 is 5.82 Å². The Morgan fingerprint density at radius 2 is 1.25 bits per heavy atom. The molecule has 0 bridgehead atoms. The van der Waals surface area contributed by atoms with E-state index in [-0.39, 0.29) is 0 Å². The largest absolute Gasteiger partial charge is 0.314 e. The predicted octanol–water partition coefficient (Wildman–Crippen LogP) is 4.12. The normalized spacial score (nSPS) is 10.7. The number of rotatable bonds is 3. The van der Waals surface area contributed by atoms with Gasteiger partial charge in [-0.15, -0.1) is 0 Å². The summed E-state index contributed by atoms with van der Waals surface area (Å²) in [5.74, 6) is 1.99. The zero-order chi connectivity index (χ0) is 16.4. The van der Waals surface area contributed by atoms with E-state index in [4.69, 9.17) is 5.10 Å². The average molecular weight is 312 g/mol. The van der Waals surface area contributed by atoms with Gasteiger partial charge in [-0.2, -0.15) is 4.57 Å². The van der Waals surface area contributed by atoms with Crippen LogP contribution in [-0.4, -0.2) is 9.78 Å². The van der Waals surface area contributed by atoms with Crippen LogP contribution in [-0.2, 0) is 0 Å². The molecule has 0 aliphatic rings. The Morgan fingerprint density at radius 3 is 1.88 bits per heavy atom. The highest BCUT2D eigenvalue weighted by atomic mass is 15.4. The summed E-state index contributed by atoms with van der Waals surface area (Å²) in [6.07, 6.45) is 0. The SMILES string of the molecule is Cc1n(-c2ccccc2)nc(-c2ccccc2)[n+]1-c1ccccc1. The van der Waals surface area contributed by atoms with Gasteiger partial charge in [-0.3, -0.25) is 0 Å². The Balaban J connectivity index is 1.99. The molecular weight excluding hydrogens is 294 g/mol. The zero-order valence-corrected chi connectivity index (χ0v) is 13.5. The maximum atomic E-state index is 4.91. The molecule has 3 aromatic carbocycles. The van der Waals surface area contributed by atoms with Gasteiger partial charge in [0.25, 0.3) is 0 Å². The first-order chi connectivity index (χ1) is 11.8. The van der Waals surface area contributed by atoms with Crippen LogP contribution in [0.25, 0.3) is 22.8 Å². The number of nitrogens with zero attached hydrogens (tertiary/aromatic N) is 3. The van der Waals surface area contributed by atoms with Crippen molar-refractivity contribution < 1.29 is 4.57 Å². The van der Waals surface area contributed by atoms with Crippen LogP contribution in [0.1, 0.15) is 5.82 Å². The van der Waals surface area contributed by atoms with Crippen molar-refractivity contribution in [1.29, 1.82) is 0 Å². The topological polar surface area (TPSA) is 21.7 Å². The summed E-state index contributed by atoms with van der Waals surface area (Å²) in [7, 11) is 0. The van der Waals surface area contributed by atoms with Gasteiger partial charge < -0.3 is 0 Å². The van der Waals surface area contributed by atoms with Gasteiger partial charge in [-0.1, -0.05) is 59.3 Å². The van der Waals surface area contributed by atoms with E-state index < -0.39 is 0 Å². The molecule has 0 saturated heterocycles. The fraction of sp³-hybridized carbons (Fsp3) is 0.0476. The number of hydrogen-bond donors (Lipinski definition) is 0. The molecule has 0 aliphatic carbocycles. The van der Waals surface area contributed by atoms with Gasteiger partial charge in [-0.25, -0.2) is 0 Å². The zero-order valence-electron chi connectivity index (χ0n) is 13.5. The number of aromatic nitrogens is 3. The average Bonchev–Trinajstić information content (AvgIpc) is 3.01. The quantitative estimate of drug-likeness (QED) is 0.521. The van der Waals surface area contributed by atoms with Crippen molar-refractivity contribution >= 4 is 0 Å². The molecular formula is C21H18N3+. The molecule has 0 spiro atoms. The second-order valence-electron chi connectivity index (χ2n) is 5.66. The third kappa shape index (κ3) is 2.50. The minimum atomic E-state index is 0.933. The van der Waals surface area contributed by atoms with Gasteiger partial charge in [-0.05, 0) is 36.4 Å². The van der Waals surface area contributed by atoms with Crippen molar-refractivity contribution in [1.82, 2.24) is 9.78 Å². The highest BCUT2D eigenvalue weighted by molar-refractivity contribution is 5.52. The lowest BCUT2D eigenvalue weighted by Gasteiger charge is -2.02. The summed E-state index contributed by atoms with van der Waals surface area (Å²) < 4.78 is 4.19. The fourth-order valence-electron chi connectivity index (χ4n) is 2.93. The summed E-state index contributed by atoms with van der Waals surface area (Å²) in [6.45, 7) is 2.10. The summed E-state index contributed by atoms with van der Waals surface area (Å²) in [5.41, 5.74) is 3.26. The van der Waals surface area contributed by atoms with Gasteiger partial charge in [0.05, 0.1) is 10.7 Å². The standard InChI is InChI=1S/C21H18N3/c1-17-23(19-13-7-3-8-14-19)21(18-11-5-2-6-12-18)22-24(17)20-15-9-4-10-16-20/h2-16H,1H3/q+1. The Hall–Kier alpha value is -3.20.